The van der Waals surface area contributed by atoms with Gasteiger partial charge in [0.05, 0.1) is 34.0 Å². The molecule has 23 heavy (non-hydrogen) atoms. The number of aryl methyl sites for hydroxylation is 1. The number of rotatable bonds is 4. The van der Waals surface area contributed by atoms with Gasteiger partial charge in [-0.1, -0.05) is 41.9 Å². The van der Waals surface area contributed by atoms with E-state index in [-0.39, 0.29) is 0 Å². The van der Waals surface area contributed by atoms with Gasteiger partial charge >= 0.3 is 0 Å². The van der Waals surface area contributed by atoms with E-state index in [9.17, 15) is 0 Å². The minimum Gasteiger partial charge on any atom is -0.277 e. The molecule has 0 spiro atoms. The molecule has 1 heterocycles. The van der Waals surface area contributed by atoms with Gasteiger partial charge in [0.2, 0.25) is 0 Å². The van der Waals surface area contributed by atoms with Crippen LogP contribution in [0.4, 0.5) is 5.69 Å². The van der Waals surface area contributed by atoms with E-state index >= 15 is 0 Å². The maximum Gasteiger partial charge on any atom is 0.0748 e. The first-order valence-electron chi connectivity index (χ1n) is 7.32. The van der Waals surface area contributed by atoms with Crippen molar-refractivity contribution in [3.63, 3.8) is 0 Å². The van der Waals surface area contributed by atoms with Gasteiger partial charge in [0.25, 0.3) is 0 Å². The van der Waals surface area contributed by atoms with Crippen LogP contribution < -0.4 is 5.43 Å². The first-order chi connectivity index (χ1) is 11.2. The Balaban J connectivity index is 1.85. The van der Waals surface area contributed by atoms with Crippen LogP contribution in [0.2, 0.25) is 5.02 Å². The second-order valence-corrected chi connectivity index (χ2v) is 5.59. The zero-order chi connectivity index (χ0) is 16.2. The number of nitrogens with zero attached hydrogens (tertiary/aromatic N) is 3. The SMILES string of the molecule is Cc1nn(-c2ccccc2)c(C)c1/C=N\Nc1ccccc1Cl. The van der Waals surface area contributed by atoms with Crippen molar-refractivity contribution in [2.45, 2.75) is 13.8 Å². The molecule has 0 radical (unpaired) electrons. The summed E-state index contributed by atoms with van der Waals surface area (Å²) in [5.74, 6) is 0. The van der Waals surface area contributed by atoms with Gasteiger partial charge in [-0.3, -0.25) is 5.43 Å². The summed E-state index contributed by atoms with van der Waals surface area (Å²) in [6.45, 7) is 4.01. The lowest BCUT2D eigenvalue weighted by atomic mass is 10.2. The summed E-state index contributed by atoms with van der Waals surface area (Å²) in [4.78, 5) is 0. The van der Waals surface area contributed by atoms with Gasteiger partial charge in [-0.05, 0) is 38.1 Å². The fraction of sp³-hybridized carbons (Fsp3) is 0.111. The fourth-order valence-corrected chi connectivity index (χ4v) is 2.56. The highest BCUT2D eigenvalue weighted by Crippen LogP contribution is 2.20. The van der Waals surface area contributed by atoms with E-state index in [0.29, 0.717) is 5.02 Å². The molecule has 1 aromatic heterocycles. The van der Waals surface area contributed by atoms with Gasteiger partial charge in [0.15, 0.2) is 0 Å². The molecule has 3 aromatic rings. The van der Waals surface area contributed by atoms with Crippen LogP contribution in [-0.2, 0) is 0 Å². The first kappa shape index (κ1) is 15.3. The normalized spacial score (nSPS) is 11.1. The Morgan fingerprint density at radius 3 is 2.48 bits per heavy atom. The van der Waals surface area contributed by atoms with E-state index in [1.165, 1.54) is 0 Å². The summed E-state index contributed by atoms with van der Waals surface area (Å²) in [5.41, 5.74) is 7.73. The average Bonchev–Trinajstić information content (AvgIpc) is 2.85. The van der Waals surface area contributed by atoms with E-state index in [4.69, 9.17) is 11.6 Å². The summed E-state index contributed by atoms with van der Waals surface area (Å²) in [7, 11) is 0. The molecule has 0 aliphatic carbocycles. The molecule has 0 aliphatic rings. The van der Waals surface area contributed by atoms with E-state index < -0.39 is 0 Å². The molecule has 0 saturated carbocycles. The summed E-state index contributed by atoms with van der Waals surface area (Å²) in [6.07, 6.45) is 1.78. The third kappa shape index (κ3) is 3.27. The molecule has 0 atom stereocenters. The molecule has 0 aliphatic heterocycles. The number of hydrogen-bond donors (Lipinski definition) is 1. The Bertz CT molecular complexity index is 837. The number of anilines is 1. The van der Waals surface area contributed by atoms with Crippen molar-refractivity contribution in [3.05, 3.63) is 76.6 Å². The van der Waals surface area contributed by atoms with Crippen LogP contribution in [-0.4, -0.2) is 16.0 Å². The van der Waals surface area contributed by atoms with Gasteiger partial charge < -0.3 is 0 Å². The quantitative estimate of drug-likeness (QED) is 0.563. The van der Waals surface area contributed by atoms with E-state index in [1.807, 2.05) is 73.1 Å². The molecule has 3 rings (SSSR count). The molecule has 0 saturated heterocycles. The molecule has 5 heteroatoms. The highest BCUT2D eigenvalue weighted by Gasteiger charge is 2.10. The number of hydrogen-bond acceptors (Lipinski definition) is 3. The van der Waals surface area contributed by atoms with Crippen LogP contribution in [0, 0.1) is 13.8 Å². The molecule has 0 bridgehead atoms. The van der Waals surface area contributed by atoms with Gasteiger partial charge in [0.1, 0.15) is 0 Å². The third-order valence-electron chi connectivity index (χ3n) is 3.60. The standard InChI is InChI=1S/C18H17ClN4/c1-13-16(12-20-21-18-11-7-6-10-17(18)19)14(2)23(22-13)15-8-4-3-5-9-15/h3-12,21H,1-2H3/b20-12-. The van der Waals surface area contributed by atoms with Crippen molar-refractivity contribution < 1.29 is 0 Å². The predicted octanol–water partition coefficient (Wildman–Crippen LogP) is 4.59. The molecule has 4 nitrogen and oxygen atoms in total. The Hall–Kier alpha value is -2.59. The Kier molecular flexibility index (Phi) is 4.44. The number of para-hydroxylation sites is 2. The monoisotopic (exact) mass is 324 g/mol. The lowest BCUT2D eigenvalue weighted by Gasteiger charge is -2.04. The largest absolute Gasteiger partial charge is 0.277 e. The Labute approximate surface area is 140 Å². The molecular formula is C18H17ClN4. The number of benzene rings is 2. The molecule has 0 fully saturated rings. The van der Waals surface area contributed by atoms with E-state index in [0.717, 1.165) is 28.3 Å². The van der Waals surface area contributed by atoms with Crippen LogP contribution in [0.1, 0.15) is 17.0 Å². The second-order valence-electron chi connectivity index (χ2n) is 5.18. The molecule has 116 valence electrons. The Morgan fingerprint density at radius 1 is 1.04 bits per heavy atom. The minimum absolute atomic E-state index is 0.637. The van der Waals surface area contributed by atoms with Crippen molar-refractivity contribution >= 4 is 23.5 Å². The van der Waals surface area contributed by atoms with Gasteiger partial charge in [0, 0.05) is 5.56 Å². The first-order valence-corrected chi connectivity index (χ1v) is 7.70. The molecule has 2 aromatic carbocycles. The highest BCUT2D eigenvalue weighted by molar-refractivity contribution is 6.33. The van der Waals surface area contributed by atoms with Crippen molar-refractivity contribution in [1.82, 2.24) is 9.78 Å². The summed E-state index contributed by atoms with van der Waals surface area (Å²) >= 11 is 6.10. The number of nitrogens with one attached hydrogen (secondary N) is 1. The van der Waals surface area contributed by atoms with E-state index in [1.54, 1.807) is 6.21 Å². The average molecular weight is 325 g/mol. The summed E-state index contributed by atoms with van der Waals surface area (Å²) in [5, 5.41) is 9.52. The van der Waals surface area contributed by atoms with Crippen molar-refractivity contribution in [2.24, 2.45) is 5.10 Å². The van der Waals surface area contributed by atoms with Crippen LogP contribution >= 0.6 is 11.6 Å². The van der Waals surface area contributed by atoms with Crippen molar-refractivity contribution in [3.8, 4) is 5.69 Å². The smallest absolute Gasteiger partial charge is 0.0748 e. The summed E-state index contributed by atoms with van der Waals surface area (Å²) in [6, 6.07) is 17.5. The number of halogens is 1. The van der Waals surface area contributed by atoms with E-state index in [2.05, 4.69) is 15.6 Å². The lowest BCUT2D eigenvalue weighted by Crippen LogP contribution is -1.99. The van der Waals surface area contributed by atoms with Crippen molar-refractivity contribution in [1.29, 1.82) is 0 Å². The fourth-order valence-electron chi connectivity index (χ4n) is 2.38. The zero-order valence-corrected chi connectivity index (χ0v) is 13.7. The predicted molar refractivity (Wildman–Crippen MR) is 95.7 cm³/mol. The van der Waals surface area contributed by atoms with Crippen LogP contribution in [0.3, 0.4) is 0 Å². The minimum atomic E-state index is 0.637. The van der Waals surface area contributed by atoms with Crippen LogP contribution in [0.5, 0.6) is 0 Å². The molecule has 0 amide bonds. The number of aromatic nitrogens is 2. The maximum atomic E-state index is 6.10. The molecule has 0 unspecified atom stereocenters. The highest BCUT2D eigenvalue weighted by atomic mass is 35.5. The maximum absolute atomic E-state index is 6.10. The molecular weight excluding hydrogens is 308 g/mol. The van der Waals surface area contributed by atoms with Crippen LogP contribution in [0.25, 0.3) is 5.69 Å². The number of hydrazone groups is 1. The lowest BCUT2D eigenvalue weighted by molar-refractivity contribution is 0.833. The molecule has 1 N–H and O–H groups in total. The zero-order valence-electron chi connectivity index (χ0n) is 13.0. The van der Waals surface area contributed by atoms with Gasteiger partial charge in [-0.25, -0.2) is 4.68 Å². The third-order valence-corrected chi connectivity index (χ3v) is 3.93. The second kappa shape index (κ2) is 6.67. The van der Waals surface area contributed by atoms with Crippen molar-refractivity contribution in [2.75, 3.05) is 5.43 Å². The Morgan fingerprint density at radius 2 is 1.74 bits per heavy atom. The van der Waals surface area contributed by atoms with Gasteiger partial charge in [-0.15, -0.1) is 0 Å². The van der Waals surface area contributed by atoms with Crippen LogP contribution in [0.15, 0.2) is 59.7 Å². The topological polar surface area (TPSA) is 42.2 Å². The summed E-state index contributed by atoms with van der Waals surface area (Å²) < 4.78 is 1.92. The van der Waals surface area contributed by atoms with Gasteiger partial charge in [-0.2, -0.15) is 10.2 Å².